The zero-order valence-electron chi connectivity index (χ0n) is 10.9. The van der Waals surface area contributed by atoms with Gasteiger partial charge in [-0.15, -0.1) is 0 Å². The summed E-state index contributed by atoms with van der Waals surface area (Å²) in [5.74, 6) is 2.96. The maximum Gasteiger partial charge on any atom is 0.161 e. The topological polar surface area (TPSA) is 30.5 Å². The molecule has 0 aliphatic carbocycles. The molecule has 1 heterocycles. The standard InChI is InChI=1S/C14H21NO2S/c1-18-9-5-4-8-15-10-12-11-16-13-6-2-3-7-14(13)17-12/h2-3,6-7,12,15H,4-5,8-11H2,1H3. The fourth-order valence-electron chi connectivity index (χ4n) is 1.92. The Hall–Kier alpha value is -0.870. The van der Waals surface area contributed by atoms with Crippen molar-refractivity contribution in [3.05, 3.63) is 24.3 Å². The van der Waals surface area contributed by atoms with Gasteiger partial charge < -0.3 is 14.8 Å². The highest BCUT2D eigenvalue weighted by Gasteiger charge is 2.19. The fourth-order valence-corrected chi connectivity index (χ4v) is 2.42. The Balaban J connectivity index is 1.64. The molecule has 18 heavy (non-hydrogen) atoms. The van der Waals surface area contributed by atoms with Crippen molar-refractivity contribution in [3.63, 3.8) is 0 Å². The lowest BCUT2D eigenvalue weighted by Gasteiger charge is -2.26. The lowest BCUT2D eigenvalue weighted by molar-refractivity contribution is 0.0905. The first-order valence-electron chi connectivity index (χ1n) is 6.48. The molecule has 0 bridgehead atoms. The van der Waals surface area contributed by atoms with Crippen LogP contribution in [0.15, 0.2) is 24.3 Å². The van der Waals surface area contributed by atoms with Gasteiger partial charge in [0, 0.05) is 6.54 Å². The number of rotatable bonds is 7. The normalized spacial score (nSPS) is 17.7. The van der Waals surface area contributed by atoms with Crippen molar-refractivity contribution in [2.45, 2.75) is 18.9 Å². The fraction of sp³-hybridized carbons (Fsp3) is 0.571. The average Bonchev–Trinajstić information content (AvgIpc) is 2.42. The third-order valence-corrected chi connectivity index (χ3v) is 3.59. The minimum absolute atomic E-state index is 0.125. The Morgan fingerprint density at radius 3 is 2.94 bits per heavy atom. The van der Waals surface area contributed by atoms with Crippen LogP contribution in [0.3, 0.4) is 0 Å². The molecule has 1 aromatic rings. The van der Waals surface area contributed by atoms with Crippen molar-refractivity contribution in [1.29, 1.82) is 0 Å². The van der Waals surface area contributed by atoms with Crippen LogP contribution in [0.5, 0.6) is 11.5 Å². The average molecular weight is 267 g/mol. The molecule has 0 spiro atoms. The number of nitrogens with one attached hydrogen (secondary N) is 1. The molecule has 0 fully saturated rings. The van der Waals surface area contributed by atoms with E-state index in [0.717, 1.165) is 24.6 Å². The van der Waals surface area contributed by atoms with Gasteiger partial charge in [0.05, 0.1) is 0 Å². The zero-order valence-corrected chi connectivity index (χ0v) is 11.7. The van der Waals surface area contributed by atoms with E-state index in [1.54, 1.807) is 0 Å². The second kappa shape index (κ2) is 7.54. The zero-order chi connectivity index (χ0) is 12.6. The molecule has 0 amide bonds. The number of hydrogen-bond donors (Lipinski definition) is 1. The van der Waals surface area contributed by atoms with Crippen LogP contribution in [-0.2, 0) is 0 Å². The van der Waals surface area contributed by atoms with Gasteiger partial charge in [0.15, 0.2) is 11.5 Å². The lowest BCUT2D eigenvalue weighted by atomic mass is 10.2. The van der Waals surface area contributed by atoms with E-state index in [9.17, 15) is 0 Å². The van der Waals surface area contributed by atoms with Gasteiger partial charge >= 0.3 is 0 Å². The monoisotopic (exact) mass is 267 g/mol. The van der Waals surface area contributed by atoms with E-state index in [2.05, 4.69) is 11.6 Å². The number of hydrogen-bond acceptors (Lipinski definition) is 4. The summed E-state index contributed by atoms with van der Waals surface area (Å²) in [6.45, 7) is 2.55. The van der Waals surface area contributed by atoms with E-state index in [0.29, 0.717) is 6.61 Å². The van der Waals surface area contributed by atoms with Gasteiger partial charge in [-0.2, -0.15) is 11.8 Å². The largest absolute Gasteiger partial charge is 0.486 e. The molecular weight excluding hydrogens is 246 g/mol. The molecular formula is C14H21NO2S. The van der Waals surface area contributed by atoms with Crippen molar-refractivity contribution < 1.29 is 9.47 Å². The number of thioether (sulfide) groups is 1. The highest BCUT2D eigenvalue weighted by atomic mass is 32.2. The van der Waals surface area contributed by atoms with E-state index in [1.807, 2.05) is 36.0 Å². The molecule has 1 atom stereocenters. The van der Waals surface area contributed by atoms with Crippen LogP contribution in [0.1, 0.15) is 12.8 Å². The quantitative estimate of drug-likeness (QED) is 0.769. The van der Waals surface area contributed by atoms with Crippen molar-refractivity contribution >= 4 is 11.8 Å². The third kappa shape index (κ3) is 4.10. The lowest BCUT2D eigenvalue weighted by Crippen LogP contribution is -2.38. The Kier molecular flexibility index (Phi) is 5.68. The molecule has 0 saturated heterocycles. The third-order valence-electron chi connectivity index (χ3n) is 2.89. The summed E-state index contributed by atoms with van der Waals surface area (Å²) in [7, 11) is 0. The molecule has 1 unspecified atom stereocenters. The van der Waals surface area contributed by atoms with Crippen LogP contribution in [0.4, 0.5) is 0 Å². The van der Waals surface area contributed by atoms with E-state index in [1.165, 1.54) is 18.6 Å². The number of benzene rings is 1. The molecule has 0 aromatic heterocycles. The molecule has 4 heteroatoms. The van der Waals surface area contributed by atoms with E-state index in [-0.39, 0.29) is 6.10 Å². The van der Waals surface area contributed by atoms with E-state index < -0.39 is 0 Å². The first kappa shape index (κ1) is 13.6. The Morgan fingerprint density at radius 1 is 1.28 bits per heavy atom. The molecule has 3 nitrogen and oxygen atoms in total. The summed E-state index contributed by atoms with van der Waals surface area (Å²) in [5.41, 5.74) is 0. The second-order valence-corrected chi connectivity index (χ2v) is 5.39. The molecule has 1 N–H and O–H groups in total. The molecule has 1 aromatic carbocycles. The molecule has 1 aliphatic heterocycles. The van der Waals surface area contributed by atoms with Crippen LogP contribution in [0, 0.1) is 0 Å². The van der Waals surface area contributed by atoms with Gasteiger partial charge in [-0.05, 0) is 43.5 Å². The van der Waals surface area contributed by atoms with Crippen molar-refractivity contribution in [2.75, 3.05) is 31.7 Å². The summed E-state index contributed by atoms with van der Waals surface area (Å²) in [4.78, 5) is 0. The smallest absolute Gasteiger partial charge is 0.161 e. The Bertz CT molecular complexity index is 359. The summed E-state index contributed by atoms with van der Waals surface area (Å²) < 4.78 is 11.5. The van der Waals surface area contributed by atoms with Gasteiger partial charge in [-0.25, -0.2) is 0 Å². The molecule has 2 rings (SSSR count). The highest BCUT2D eigenvalue weighted by Crippen LogP contribution is 2.30. The Morgan fingerprint density at radius 2 is 2.11 bits per heavy atom. The number of fused-ring (bicyclic) bond motifs is 1. The van der Waals surface area contributed by atoms with Crippen molar-refractivity contribution in [2.24, 2.45) is 0 Å². The molecule has 0 saturated carbocycles. The summed E-state index contributed by atoms with van der Waals surface area (Å²) in [5, 5.41) is 3.43. The summed E-state index contributed by atoms with van der Waals surface area (Å²) in [6, 6.07) is 7.84. The molecule has 100 valence electrons. The van der Waals surface area contributed by atoms with Gasteiger partial charge in [0.1, 0.15) is 12.7 Å². The maximum atomic E-state index is 5.87. The second-order valence-electron chi connectivity index (χ2n) is 4.40. The van der Waals surface area contributed by atoms with Crippen molar-refractivity contribution in [3.8, 4) is 11.5 Å². The number of ether oxygens (including phenoxy) is 2. The minimum atomic E-state index is 0.125. The van der Waals surface area contributed by atoms with Crippen LogP contribution in [0.25, 0.3) is 0 Å². The van der Waals surface area contributed by atoms with Crippen LogP contribution >= 0.6 is 11.8 Å². The van der Waals surface area contributed by atoms with Crippen LogP contribution in [-0.4, -0.2) is 37.8 Å². The SMILES string of the molecule is CSCCCCNCC1COc2ccccc2O1. The predicted octanol–water partition coefficient (Wildman–Crippen LogP) is 2.56. The minimum Gasteiger partial charge on any atom is -0.486 e. The Labute approximate surface area is 113 Å². The van der Waals surface area contributed by atoms with Crippen LogP contribution < -0.4 is 14.8 Å². The van der Waals surface area contributed by atoms with E-state index >= 15 is 0 Å². The van der Waals surface area contributed by atoms with Gasteiger partial charge in [-0.1, -0.05) is 12.1 Å². The number of para-hydroxylation sites is 2. The first-order valence-corrected chi connectivity index (χ1v) is 7.87. The predicted molar refractivity (Wildman–Crippen MR) is 76.8 cm³/mol. The van der Waals surface area contributed by atoms with E-state index in [4.69, 9.17) is 9.47 Å². The van der Waals surface area contributed by atoms with Gasteiger partial charge in [0.25, 0.3) is 0 Å². The molecule has 1 aliphatic rings. The highest BCUT2D eigenvalue weighted by molar-refractivity contribution is 7.98. The first-order chi connectivity index (χ1) is 8.90. The number of unbranched alkanes of at least 4 members (excludes halogenated alkanes) is 1. The maximum absolute atomic E-state index is 5.87. The summed E-state index contributed by atoms with van der Waals surface area (Å²) >= 11 is 1.91. The summed E-state index contributed by atoms with van der Waals surface area (Å²) in [6.07, 6.45) is 4.78. The van der Waals surface area contributed by atoms with Gasteiger partial charge in [-0.3, -0.25) is 0 Å². The van der Waals surface area contributed by atoms with Crippen LogP contribution in [0.2, 0.25) is 0 Å². The molecule has 0 radical (unpaired) electrons. The van der Waals surface area contributed by atoms with Gasteiger partial charge in [0.2, 0.25) is 0 Å². The van der Waals surface area contributed by atoms with Crippen molar-refractivity contribution in [1.82, 2.24) is 5.32 Å².